The van der Waals surface area contributed by atoms with E-state index in [-0.39, 0.29) is 18.1 Å². The Bertz CT molecular complexity index is 1300. The number of hydrogen-bond acceptors (Lipinski definition) is 7. The maximum absolute atomic E-state index is 13.4. The molecule has 0 unspecified atom stereocenters. The van der Waals surface area contributed by atoms with Crippen molar-refractivity contribution >= 4 is 29.1 Å². The molecule has 1 aliphatic heterocycles. The summed E-state index contributed by atoms with van der Waals surface area (Å²) in [5.74, 6) is -0.326. The molecule has 5 rings (SSSR count). The monoisotopic (exact) mass is 508 g/mol. The Kier molecular flexibility index (Phi) is 6.98. The maximum atomic E-state index is 13.4. The van der Waals surface area contributed by atoms with Crippen molar-refractivity contribution < 1.29 is 4.79 Å². The standard InChI is InChI=1S/C24H22Cl2N8O/c25-18-8-4-16(5-9-18)21-22(17-6-10-19(26)11-7-17)30-23(20(29-21)14-34-28-15-27-32-34)24(35)31-33-12-2-1-3-13-33/h4-11,15H,1-3,12-14H2,(H,31,35). The van der Waals surface area contributed by atoms with E-state index in [9.17, 15) is 4.79 Å². The predicted molar refractivity (Wildman–Crippen MR) is 133 cm³/mol. The lowest BCUT2D eigenvalue weighted by Gasteiger charge is -2.27. The number of halogens is 2. The molecule has 35 heavy (non-hydrogen) atoms. The molecule has 0 saturated carbocycles. The molecule has 11 heteroatoms. The summed E-state index contributed by atoms with van der Waals surface area (Å²) in [6.07, 6.45) is 4.56. The van der Waals surface area contributed by atoms with Crippen LogP contribution in [0, 0.1) is 0 Å². The van der Waals surface area contributed by atoms with Gasteiger partial charge in [-0.2, -0.15) is 4.80 Å². The van der Waals surface area contributed by atoms with E-state index in [1.165, 1.54) is 11.1 Å². The molecule has 3 heterocycles. The van der Waals surface area contributed by atoms with Crippen LogP contribution in [0.3, 0.4) is 0 Å². The molecule has 1 saturated heterocycles. The van der Waals surface area contributed by atoms with Crippen LogP contribution in [-0.2, 0) is 6.54 Å². The van der Waals surface area contributed by atoms with E-state index in [1.54, 1.807) is 24.3 Å². The third-order valence-electron chi connectivity index (χ3n) is 5.72. The predicted octanol–water partition coefficient (Wildman–Crippen LogP) is 4.28. The lowest BCUT2D eigenvalue weighted by Crippen LogP contribution is -2.45. The minimum atomic E-state index is -0.326. The third kappa shape index (κ3) is 5.48. The molecule has 2 aromatic carbocycles. The van der Waals surface area contributed by atoms with E-state index >= 15 is 0 Å². The van der Waals surface area contributed by atoms with Crippen LogP contribution in [0.4, 0.5) is 0 Å². The Morgan fingerprint density at radius 3 is 2.03 bits per heavy atom. The zero-order chi connectivity index (χ0) is 24.2. The second kappa shape index (κ2) is 10.5. The van der Waals surface area contributed by atoms with Crippen molar-refractivity contribution in [2.75, 3.05) is 13.1 Å². The largest absolute Gasteiger partial charge is 0.286 e. The third-order valence-corrected chi connectivity index (χ3v) is 6.22. The summed E-state index contributed by atoms with van der Waals surface area (Å²) in [4.78, 5) is 24.6. The summed E-state index contributed by atoms with van der Waals surface area (Å²) in [5.41, 5.74) is 6.39. The van der Waals surface area contributed by atoms with Gasteiger partial charge in [0.2, 0.25) is 0 Å². The van der Waals surface area contributed by atoms with E-state index in [1.807, 2.05) is 29.3 Å². The van der Waals surface area contributed by atoms with Crippen molar-refractivity contribution in [3.8, 4) is 22.5 Å². The van der Waals surface area contributed by atoms with Gasteiger partial charge in [0, 0.05) is 34.3 Å². The van der Waals surface area contributed by atoms with Crippen LogP contribution >= 0.6 is 23.2 Å². The van der Waals surface area contributed by atoms with Crippen LogP contribution in [0.25, 0.3) is 22.5 Å². The van der Waals surface area contributed by atoms with E-state index < -0.39 is 0 Å². The SMILES string of the molecule is O=C(NN1CCCCC1)c1nc(-c2ccc(Cl)cc2)c(-c2ccc(Cl)cc2)nc1Cn1ncnn1. The quantitative estimate of drug-likeness (QED) is 0.414. The Morgan fingerprint density at radius 2 is 1.46 bits per heavy atom. The lowest BCUT2D eigenvalue weighted by molar-refractivity contribution is 0.0743. The summed E-state index contributed by atoms with van der Waals surface area (Å²) < 4.78 is 0. The molecule has 0 spiro atoms. The van der Waals surface area contributed by atoms with E-state index in [0.717, 1.165) is 43.5 Å². The number of nitrogens with zero attached hydrogens (tertiary/aromatic N) is 7. The van der Waals surface area contributed by atoms with Gasteiger partial charge in [-0.1, -0.05) is 53.9 Å². The minimum Gasteiger partial charge on any atom is -0.283 e. The van der Waals surface area contributed by atoms with Crippen molar-refractivity contribution in [1.82, 2.24) is 40.6 Å². The minimum absolute atomic E-state index is 0.136. The highest BCUT2D eigenvalue weighted by molar-refractivity contribution is 6.31. The zero-order valence-electron chi connectivity index (χ0n) is 18.7. The van der Waals surface area contributed by atoms with Crippen LogP contribution in [0.15, 0.2) is 54.9 Å². The fourth-order valence-electron chi connectivity index (χ4n) is 3.98. The van der Waals surface area contributed by atoms with Gasteiger partial charge < -0.3 is 0 Å². The average molecular weight is 509 g/mol. The van der Waals surface area contributed by atoms with Gasteiger partial charge in [-0.3, -0.25) is 10.2 Å². The maximum Gasteiger partial charge on any atom is 0.286 e. The van der Waals surface area contributed by atoms with Crippen molar-refractivity contribution in [2.24, 2.45) is 0 Å². The summed E-state index contributed by atoms with van der Waals surface area (Å²) in [5, 5.41) is 14.9. The first-order valence-corrected chi connectivity index (χ1v) is 12.0. The number of aromatic nitrogens is 6. The molecule has 0 aliphatic carbocycles. The van der Waals surface area contributed by atoms with Crippen LogP contribution in [0.2, 0.25) is 10.0 Å². The fraction of sp³-hybridized carbons (Fsp3) is 0.250. The van der Waals surface area contributed by atoms with Crippen molar-refractivity contribution in [3.05, 3.63) is 76.3 Å². The molecule has 4 aromatic rings. The molecule has 178 valence electrons. The molecular formula is C24H22Cl2N8O. The number of piperidine rings is 1. The van der Waals surface area contributed by atoms with Crippen LogP contribution < -0.4 is 5.43 Å². The smallest absolute Gasteiger partial charge is 0.283 e. The highest BCUT2D eigenvalue weighted by Gasteiger charge is 2.24. The molecular weight excluding hydrogens is 487 g/mol. The van der Waals surface area contributed by atoms with Gasteiger partial charge in [-0.25, -0.2) is 15.0 Å². The molecule has 0 atom stereocenters. The summed E-state index contributed by atoms with van der Waals surface area (Å²) in [6.45, 7) is 1.73. The Morgan fingerprint density at radius 1 is 0.857 bits per heavy atom. The van der Waals surface area contributed by atoms with E-state index in [0.29, 0.717) is 27.1 Å². The number of carbonyl (C=O) groups is 1. The number of benzene rings is 2. The van der Waals surface area contributed by atoms with Gasteiger partial charge in [0.15, 0.2) is 12.0 Å². The number of nitrogens with one attached hydrogen (secondary N) is 1. The number of hydrazine groups is 1. The van der Waals surface area contributed by atoms with Gasteiger partial charge in [0.1, 0.15) is 6.54 Å². The van der Waals surface area contributed by atoms with Crippen LogP contribution in [-0.4, -0.2) is 54.2 Å². The number of rotatable bonds is 6. The van der Waals surface area contributed by atoms with Gasteiger partial charge in [-0.05, 0) is 42.3 Å². The molecule has 9 nitrogen and oxygen atoms in total. The first kappa shape index (κ1) is 23.3. The van der Waals surface area contributed by atoms with Gasteiger partial charge in [0.25, 0.3) is 5.91 Å². The van der Waals surface area contributed by atoms with Crippen molar-refractivity contribution in [1.29, 1.82) is 0 Å². The Hall–Kier alpha value is -3.40. The van der Waals surface area contributed by atoms with Gasteiger partial charge in [-0.15, -0.1) is 10.2 Å². The lowest BCUT2D eigenvalue weighted by atomic mass is 10.0. The number of hydrogen-bond donors (Lipinski definition) is 1. The molecule has 1 N–H and O–H groups in total. The highest BCUT2D eigenvalue weighted by Crippen LogP contribution is 2.32. The zero-order valence-corrected chi connectivity index (χ0v) is 20.2. The van der Waals surface area contributed by atoms with Crippen LogP contribution in [0.5, 0.6) is 0 Å². The second-order valence-corrected chi connectivity index (χ2v) is 9.06. The van der Waals surface area contributed by atoms with Crippen molar-refractivity contribution in [3.63, 3.8) is 0 Å². The molecule has 0 radical (unpaired) electrons. The summed E-state index contributed by atoms with van der Waals surface area (Å²) in [7, 11) is 0. The molecule has 1 amide bonds. The van der Waals surface area contributed by atoms with Crippen LogP contribution in [0.1, 0.15) is 35.4 Å². The molecule has 0 bridgehead atoms. The van der Waals surface area contributed by atoms with Crippen molar-refractivity contribution in [2.45, 2.75) is 25.8 Å². The van der Waals surface area contributed by atoms with E-state index in [4.69, 9.17) is 33.2 Å². The number of amides is 1. The highest BCUT2D eigenvalue weighted by atomic mass is 35.5. The first-order valence-electron chi connectivity index (χ1n) is 11.3. The van der Waals surface area contributed by atoms with Gasteiger partial charge >= 0.3 is 0 Å². The Balaban J connectivity index is 1.64. The number of tetrazole rings is 1. The fourth-order valence-corrected chi connectivity index (χ4v) is 4.23. The summed E-state index contributed by atoms with van der Waals surface area (Å²) in [6, 6.07) is 14.6. The Labute approximate surface area is 212 Å². The molecule has 1 fully saturated rings. The second-order valence-electron chi connectivity index (χ2n) is 8.18. The topological polar surface area (TPSA) is 102 Å². The molecule has 1 aliphatic rings. The van der Waals surface area contributed by atoms with Gasteiger partial charge in [0.05, 0.1) is 17.1 Å². The summed E-state index contributed by atoms with van der Waals surface area (Å²) >= 11 is 12.2. The molecule has 2 aromatic heterocycles. The average Bonchev–Trinajstić information content (AvgIpc) is 3.39. The van der Waals surface area contributed by atoms with E-state index in [2.05, 4.69) is 20.8 Å². The normalized spacial score (nSPS) is 14.1. The first-order chi connectivity index (χ1) is 17.1. The number of carbonyl (C=O) groups excluding carboxylic acids is 1.